The molecule has 11 heteroatoms. The summed E-state index contributed by atoms with van der Waals surface area (Å²) in [5.41, 5.74) is 0.648. The molecule has 1 aromatic heterocycles. The molecule has 10 nitrogen and oxygen atoms in total. The monoisotopic (exact) mass is 470 g/mol. The lowest BCUT2D eigenvalue weighted by Gasteiger charge is -2.23. The second-order valence-electron chi connectivity index (χ2n) is 7.71. The van der Waals surface area contributed by atoms with Crippen LogP contribution in [0.15, 0.2) is 47.5 Å². The fourth-order valence-corrected chi connectivity index (χ4v) is 4.44. The normalized spacial score (nSPS) is 14.5. The minimum Gasteiger partial charge on any atom is -0.354 e. The highest BCUT2D eigenvalue weighted by molar-refractivity contribution is 7.89. The first kappa shape index (κ1) is 24.2. The number of hydrogen-bond donors (Lipinski definition) is 1. The summed E-state index contributed by atoms with van der Waals surface area (Å²) in [7, 11) is -0.841. The van der Waals surface area contributed by atoms with Gasteiger partial charge in [0.15, 0.2) is 0 Å². The summed E-state index contributed by atoms with van der Waals surface area (Å²) in [6, 6.07) is 11.3. The molecule has 0 atom stereocenters. The van der Waals surface area contributed by atoms with E-state index in [1.807, 2.05) is 4.90 Å². The van der Waals surface area contributed by atoms with Crippen LogP contribution in [0.5, 0.6) is 0 Å². The number of aromatic nitrogens is 1. The SMILES string of the molecule is CN(C)S(=O)(=O)c1cccc(C(=O)NCC(=O)N2CCCN(c3ncccc3C#N)CC2)c1. The molecule has 0 spiro atoms. The number of pyridine rings is 1. The molecular formula is C22H26N6O4S. The van der Waals surface area contributed by atoms with E-state index in [1.54, 1.807) is 23.2 Å². The van der Waals surface area contributed by atoms with Crippen LogP contribution in [0.4, 0.5) is 5.82 Å². The number of rotatable bonds is 6. The lowest BCUT2D eigenvalue weighted by atomic mass is 10.2. The van der Waals surface area contributed by atoms with Crippen LogP contribution in [-0.4, -0.2) is 81.2 Å². The van der Waals surface area contributed by atoms with Crippen molar-refractivity contribution in [2.45, 2.75) is 11.3 Å². The summed E-state index contributed by atoms with van der Waals surface area (Å²) in [5.74, 6) is -0.151. The summed E-state index contributed by atoms with van der Waals surface area (Å²) >= 11 is 0. The molecule has 0 aliphatic carbocycles. The van der Waals surface area contributed by atoms with Gasteiger partial charge in [0.05, 0.1) is 17.0 Å². The highest BCUT2D eigenvalue weighted by Gasteiger charge is 2.22. The van der Waals surface area contributed by atoms with Gasteiger partial charge in [-0.2, -0.15) is 5.26 Å². The van der Waals surface area contributed by atoms with Crippen molar-refractivity contribution in [3.8, 4) is 6.07 Å². The number of hydrogen-bond acceptors (Lipinski definition) is 7. The van der Waals surface area contributed by atoms with Crippen LogP contribution in [0, 0.1) is 11.3 Å². The van der Waals surface area contributed by atoms with Gasteiger partial charge in [0.1, 0.15) is 11.9 Å². The topological polar surface area (TPSA) is 127 Å². The molecule has 1 aliphatic rings. The lowest BCUT2D eigenvalue weighted by Crippen LogP contribution is -2.42. The molecule has 1 saturated heterocycles. The second-order valence-corrected chi connectivity index (χ2v) is 9.86. The maximum absolute atomic E-state index is 12.7. The van der Waals surface area contributed by atoms with Gasteiger partial charge in [0, 0.05) is 52.0 Å². The molecule has 0 bridgehead atoms. The van der Waals surface area contributed by atoms with Crippen LogP contribution in [0.2, 0.25) is 0 Å². The van der Waals surface area contributed by atoms with Crippen LogP contribution in [0.25, 0.3) is 0 Å². The van der Waals surface area contributed by atoms with Crippen LogP contribution < -0.4 is 10.2 Å². The molecule has 0 radical (unpaired) electrons. The van der Waals surface area contributed by atoms with Gasteiger partial charge in [0.25, 0.3) is 5.91 Å². The number of nitrogens with one attached hydrogen (secondary N) is 1. The van der Waals surface area contributed by atoms with Gasteiger partial charge in [-0.15, -0.1) is 0 Å². The molecular weight excluding hydrogens is 444 g/mol. The Morgan fingerprint density at radius 2 is 1.94 bits per heavy atom. The number of nitriles is 1. The van der Waals surface area contributed by atoms with Crippen LogP contribution in [0.1, 0.15) is 22.3 Å². The van der Waals surface area contributed by atoms with Gasteiger partial charge in [-0.1, -0.05) is 6.07 Å². The molecule has 174 valence electrons. The zero-order valence-electron chi connectivity index (χ0n) is 18.6. The number of nitrogens with zero attached hydrogens (tertiary/aromatic N) is 5. The molecule has 1 N–H and O–H groups in total. The first-order valence-corrected chi connectivity index (χ1v) is 11.9. The van der Waals surface area contributed by atoms with Crippen molar-refractivity contribution in [3.63, 3.8) is 0 Å². The predicted molar refractivity (Wildman–Crippen MR) is 122 cm³/mol. The summed E-state index contributed by atoms with van der Waals surface area (Å²) in [6.07, 6.45) is 2.34. The van der Waals surface area contributed by atoms with Crippen molar-refractivity contribution in [2.24, 2.45) is 0 Å². The van der Waals surface area contributed by atoms with Crippen LogP contribution >= 0.6 is 0 Å². The maximum Gasteiger partial charge on any atom is 0.251 e. The van der Waals surface area contributed by atoms with Gasteiger partial charge in [-0.3, -0.25) is 9.59 Å². The fraction of sp³-hybridized carbons (Fsp3) is 0.364. The van der Waals surface area contributed by atoms with E-state index < -0.39 is 15.9 Å². The first-order chi connectivity index (χ1) is 15.7. The standard InChI is InChI=1S/C22H26N6O4S/c1-26(2)33(31,32)19-8-3-6-17(14-19)22(30)25-16-20(29)27-10-5-11-28(13-12-27)21-18(15-23)7-4-9-24-21/h3-4,6-9,14H,5,10-13,16H2,1-2H3,(H,25,30). The summed E-state index contributed by atoms with van der Waals surface area (Å²) < 4.78 is 25.6. The van der Waals surface area contributed by atoms with E-state index in [9.17, 15) is 23.3 Å². The molecule has 2 aromatic rings. The minimum absolute atomic E-state index is 0.00495. The molecule has 0 saturated carbocycles. The Morgan fingerprint density at radius 3 is 2.67 bits per heavy atom. The average Bonchev–Trinajstić information content (AvgIpc) is 3.08. The van der Waals surface area contributed by atoms with Crippen LogP contribution in [0.3, 0.4) is 0 Å². The average molecular weight is 471 g/mol. The quantitative estimate of drug-likeness (QED) is 0.657. The number of carbonyl (C=O) groups excluding carboxylic acids is 2. The van der Waals surface area contributed by atoms with Gasteiger partial charge in [0.2, 0.25) is 15.9 Å². The first-order valence-electron chi connectivity index (χ1n) is 10.4. The van der Waals surface area contributed by atoms with E-state index in [0.717, 1.165) is 4.31 Å². The van der Waals surface area contributed by atoms with E-state index in [0.29, 0.717) is 44.0 Å². The third-order valence-corrected chi connectivity index (χ3v) is 7.14. The largest absolute Gasteiger partial charge is 0.354 e. The highest BCUT2D eigenvalue weighted by Crippen LogP contribution is 2.18. The minimum atomic E-state index is -3.67. The third-order valence-electron chi connectivity index (χ3n) is 5.33. The summed E-state index contributed by atoms with van der Waals surface area (Å²) in [4.78, 5) is 33.2. The molecule has 1 aliphatic heterocycles. The summed E-state index contributed by atoms with van der Waals surface area (Å²) in [5, 5.41) is 11.9. The van der Waals surface area contributed by atoms with Gasteiger partial charge < -0.3 is 15.1 Å². The van der Waals surface area contributed by atoms with Gasteiger partial charge >= 0.3 is 0 Å². The van der Waals surface area contributed by atoms with E-state index in [2.05, 4.69) is 16.4 Å². The van der Waals surface area contributed by atoms with Crippen molar-refractivity contribution >= 4 is 27.7 Å². The highest BCUT2D eigenvalue weighted by atomic mass is 32.2. The number of anilines is 1. The fourth-order valence-electron chi connectivity index (χ4n) is 3.49. The Balaban J connectivity index is 1.59. The van der Waals surface area contributed by atoms with Gasteiger partial charge in [-0.25, -0.2) is 17.7 Å². The molecule has 2 amide bonds. The molecule has 1 aromatic carbocycles. The Kier molecular flexibility index (Phi) is 7.63. The van der Waals surface area contributed by atoms with E-state index in [4.69, 9.17) is 0 Å². The predicted octanol–water partition coefficient (Wildman–Crippen LogP) is 0.672. The molecule has 1 fully saturated rings. The number of amides is 2. The van der Waals surface area contributed by atoms with Crippen molar-refractivity contribution < 1.29 is 18.0 Å². The molecule has 2 heterocycles. The Hall–Kier alpha value is -3.49. The Morgan fingerprint density at radius 1 is 1.15 bits per heavy atom. The van der Waals surface area contributed by atoms with Crippen molar-refractivity contribution in [1.82, 2.24) is 19.5 Å². The number of carbonyl (C=O) groups is 2. The van der Waals surface area contributed by atoms with Gasteiger partial charge in [-0.05, 0) is 36.8 Å². The van der Waals surface area contributed by atoms with Crippen molar-refractivity contribution in [3.05, 3.63) is 53.7 Å². The smallest absolute Gasteiger partial charge is 0.251 e. The zero-order chi connectivity index (χ0) is 24.0. The van der Waals surface area contributed by atoms with E-state index in [-0.39, 0.29) is 22.9 Å². The van der Waals surface area contributed by atoms with Crippen molar-refractivity contribution in [2.75, 3.05) is 51.7 Å². The Labute approximate surface area is 193 Å². The van der Waals surface area contributed by atoms with E-state index >= 15 is 0 Å². The maximum atomic E-state index is 12.7. The second kappa shape index (κ2) is 10.4. The van der Waals surface area contributed by atoms with Crippen LogP contribution in [-0.2, 0) is 14.8 Å². The summed E-state index contributed by atoms with van der Waals surface area (Å²) in [6.45, 7) is 1.95. The van der Waals surface area contributed by atoms with E-state index in [1.165, 1.54) is 38.4 Å². The molecule has 33 heavy (non-hydrogen) atoms. The molecule has 3 rings (SSSR count). The zero-order valence-corrected chi connectivity index (χ0v) is 19.4. The number of sulfonamides is 1. The number of benzene rings is 1. The lowest BCUT2D eigenvalue weighted by molar-refractivity contribution is -0.129. The third kappa shape index (κ3) is 5.66. The molecule has 0 unspecified atom stereocenters. The van der Waals surface area contributed by atoms with Crippen molar-refractivity contribution in [1.29, 1.82) is 5.26 Å². The Bertz CT molecular complexity index is 1180.